The van der Waals surface area contributed by atoms with Crippen LogP contribution in [0.4, 0.5) is 0 Å². The van der Waals surface area contributed by atoms with Crippen molar-refractivity contribution in [2.75, 3.05) is 6.54 Å². The van der Waals surface area contributed by atoms with Gasteiger partial charge in [0, 0.05) is 10.6 Å². The number of nitrogens with zero attached hydrogens (tertiary/aromatic N) is 1. The van der Waals surface area contributed by atoms with E-state index in [1.54, 1.807) is 42.5 Å². The van der Waals surface area contributed by atoms with E-state index in [1.807, 2.05) is 0 Å². The number of amides is 2. The molecular formula is C16H12Cl3N3O2. The van der Waals surface area contributed by atoms with Gasteiger partial charge in [0.25, 0.3) is 11.8 Å². The van der Waals surface area contributed by atoms with Crippen LogP contribution in [0.2, 0.25) is 15.1 Å². The lowest BCUT2D eigenvalue weighted by Gasteiger charge is -2.05. The van der Waals surface area contributed by atoms with E-state index in [4.69, 9.17) is 34.8 Å². The second kappa shape index (κ2) is 8.68. The second-order valence-electron chi connectivity index (χ2n) is 4.62. The molecule has 0 fully saturated rings. The Hall–Kier alpha value is -2.08. The number of nitrogens with one attached hydrogen (secondary N) is 2. The minimum Gasteiger partial charge on any atom is -0.343 e. The molecule has 5 nitrogen and oxygen atoms in total. The molecule has 2 amide bonds. The lowest BCUT2D eigenvalue weighted by atomic mass is 10.2. The highest BCUT2D eigenvalue weighted by molar-refractivity contribution is 6.36. The largest absolute Gasteiger partial charge is 0.343 e. The molecule has 0 heterocycles. The lowest BCUT2D eigenvalue weighted by Crippen LogP contribution is -2.35. The molecule has 0 aliphatic carbocycles. The highest BCUT2D eigenvalue weighted by atomic mass is 35.5. The van der Waals surface area contributed by atoms with Gasteiger partial charge >= 0.3 is 0 Å². The highest BCUT2D eigenvalue weighted by Gasteiger charge is 2.10. The molecule has 0 saturated carbocycles. The van der Waals surface area contributed by atoms with Crippen molar-refractivity contribution in [2.45, 2.75) is 0 Å². The number of hydrogen-bond acceptors (Lipinski definition) is 3. The van der Waals surface area contributed by atoms with Crippen LogP contribution in [-0.4, -0.2) is 24.6 Å². The smallest absolute Gasteiger partial charge is 0.259 e. The van der Waals surface area contributed by atoms with Crippen LogP contribution in [0.5, 0.6) is 0 Å². The Labute approximate surface area is 153 Å². The molecule has 124 valence electrons. The van der Waals surface area contributed by atoms with Crippen LogP contribution in [0, 0.1) is 0 Å². The molecule has 24 heavy (non-hydrogen) atoms. The van der Waals surface area contributed by atoms with Crippen LogP contribution in [0.3, 0.4) is 0 Å². The van der Waals surface area contributed by atoms with E-state index in [-0.39, 0.29) is 6.54 Å². The van der Waals surface area contributed by atoms with Gasteiger partial charge in [-0.2, -0.15) is 5.10 Å². The molecule has 0 aromatic heterocycles. The fraction of sp³-hybridized carbons (Fsp3) is 0.0625. The fourth-order valence-electron chi connectivity index (χ4n) is 1.72. The summed E-state index contributed by atoms with van der Waals surface area (Å²) in [5.41, 5.74) is 3.18. The van der Waals surface area contributed by atoms with Gasteiger partial charge in [-0.05, 0) is 24.3 Å². The molecule has 2 N–H and O–H groups in total. The number of halogens is 3. The normalized spacial score (nSPS) is 10.6. The van der Waals surface area contributed by atoms with E-state index >= 15 is 0 Å². The standard InChI is InChI=1S/C16H12Cl3N3O2/c17-11-6-5-10(14(19)7-11)8-21-22-15(23)9-20-16(24)12-3-1-2-4-13(12)18/h1-8H,9H2,(H,20,24)(H,22,23)/b21-8-. The first-order chi connectivity index (χ1) is 11.5. The van der Waals surface area contributed by atoms with Crippen molar-refractivity contribution >= 4 is 52.8 Å². The Morgan fingerprint density at radius 1 is 1.04 bits per heavy atom. The van der Waals surface area contributed by atoms with Gasteiger partial charge in [-0.3, -0.25) is 9.59 Å². The van der Waals surface area contributed by atoms with Gasteiger partial charge < -0.3 is 5.32 Å². The van der Waals surface area contributed by atoms with Crippen molar-refractivity contribution in [3.8, 4) is 0 Å². The van der Waals surface area contributed by atoms with E-state index in [1.165, 1.54) is 6.21 Å². The molecule has 0 radical (unpaired) electrons. The third-order valence-electron chi connectivity index (χ3n) is 2.88. The van der Waals surface area contributed by atoms with Gasteiger partial charge in [-0.1, -0.05) is 53.0 Å². The molecule has 2 rings (SSSR count). The van der Waals surface area contributed by atoms with Crippen molar-refractivity contribution in [3.05, 3.63) is 68.7 Å². The first-order valence-corrected chi connectivity index (χ1v) is 7.90. The zero-order valence-corrected chi connectivity index (χ0v) is 14.5. The molecule has 0 saturated heterocycles. The zero-order valence-electron chi connectivity index (χ0n) is 12.2. The monoisotopic (exact) mass is 383 g/mol. The van der Waals surface area contributed by atoms with E-state index in [0.29, 0.717) is 26.2 Å². The van der Waals surface area contributed by atoms with Crippen LogP contribution < -0.4 is 10.7 Å². The van der Waals surface area contributed by atoms with Crippen molar-refractivity contribution in [3.63, 3.8) is 0 Å². The number of rotatable bonds is 5. The summed E-state index contributed by atoms with van der Waals surface area (Å²) < 4.78 is 0. The van der Waals surface area contributed by atoms with E-state index in [0.717, 1.165) is 0 Å². The number of carbonyl (C=O) groups excluding carboxylic acids is 2. The summed E-state index contributed by atoms with van der Waals surface area (Å²) in [7, 11) is 0. The third kappa shape index (κ3) is 5.23. The van der Waals surface area contributed by atoms with E-state index < -0.39 is 11.8 Å². The second-order valence-corrected chi connectivity index (χ2v) is 5.87. The quantitative estimate of drug-likeness (QED) is 0.611. The maximum Gasteiger partial charge on any atom is 0.259 e. The van der Waals surface area contributed by atoms with Crippen molar-refractivity contribution < 1.29 is 9.59 Å². The van der Waals surface area contributed by atoms with Crippen molar-refractivity contribution in [1.82, 2.24) is 10.7 Å². The predicted octanol–water partition coefficient (Wildman–Crippen LogP) is 3.53. The molecule has 0 bridgehead atoms. The van der Waals surface area contributed by atoms with Crippen LogP contribution in [0.15, 0.2) is 47.6 Å². The third-order valence-corrected chi connectivity index (χ3v) is 3.78. The summed E-state index contributed by atoms with van der Waals surface area (Å²) in [5, 5.41) is 7.45. The Bertz CT molecular complexity index is 794. The minimum atomic E-state index is -0.489. The van der Waals surface area contributed by atoms with Gasteiger partial charge in [0.2, 0.25) is 0 Å². The summed E-state index contributed by atoms with van der Waals surface area (Å²) >= 11 is 17.7. The lowest BCUT2D eigenvalue weighted by molar-refractivity contribution is -0.120. The molecule has 2 aromatic rings. The topological polar surface area (TPSA) is 70.6 Å². The number of carbonyl (C=O) groups is 2. The summed E-state index contributed by atoms with van der Waals surface area (Å²) in [6, 6.07) is 11.4. The van der Waals surface area contributed by atoms with Crippen LogP contribution in [0.25, 0.3) is 0 Å². The molecule has 0 unspecified atom stereocenters. The number of hydrogen-bond donors (Lipinski definition) is 2. The number of hydrazone groups is 1. The summed E-state index contributed by atoms with van der Waals surface area (Å²) in [6.45, 7) is -0.240. The number of benzene rings is 2. The maximum atomic E-state index is 11.9. The molecule has 8 heteroatoms. The molecule has 0 aliphatic rings. The van der Waals surface area contributed by atoms with Crippen LogP contribution in [0.1, 0.15) is 15.9 Å². The van der Waals surface area contributed by atoms with Gasteiger partial charge in [0.15, 0.2) is 0 Å². The minimum absolute atomic E-state index is 0.240. The maximum absolute atomic E-state index is 11.9. The SMILES string of the molecule is O=C(CNC(=O)c1ccccc1Cl)N/N=C\c1ccc(Cl)cc1Cl. The van der Waals surface area contributed by atoms with E-state index in [9.17, 15) is 9.59 Å². The summed E-state index contributed by atoms with van der Waals surface area (Å²) in [5.74, 6) is -0.933. The van der Waals surface area contributed by atoms with Crippen molar-refractivity contribution in [2.24, 2.45) is 5.10 Å². The van der Waals surface area contributed by atoms with Crippen LogP contribution in [-0.2, 0) is 4.79 Å². The average molecular weight is 385 g/mol. The average Bonchev–Trinajstić information content (AvgIpc) is 2.55. The first-order valence-electron chi connectivity index (χ1n) is 6.77. The molecule has 2 aromatic carbocycles. The van der Waals surface area contributed by atoms with Crippen LogP contribution >= 0.6 is 34.8 Å². The first kappa shape index (κ1) is 18.3. The predicted molar refractivity (Wildman–Crippen MR) is 96.0 cm³/mol. The van der Waals surface area contributed by atoms with Gasteiger partial charge in [-0.15, -0.1) is 0 Å². The van der Waals surface area contributed by atoms with Gasteiger partial charge in [0.05, 0.1) is 28.4 Å². The highest BCUT2D eigenvalue weighted by Crippen LogP contribution is 2.19. The summed E-state index contributed by atoms with van der Waals surface area (Å²) in [6.07, 6.45) is 1.38. The molecular weight excluding hydrogens is 373 g/mol. The van der Waals surface area contributed by atoms with Gasteiger partial charge in [0.1, 0.15) is 0 Å². The summed E-state index contributed by atoms with van der Waals surface area (Å²) in [4.78, 5) is 23.6. The van der Waals surface area contributed by atoms with Crippen molar-refractivity contribution in [1.29, 1.82) is 0 Å². The zero-order chi connectivity index (χ0) is 17.5. The van der Waals surface area contributed by atoms with E-state index in [2.05, 4.69) is 15.8 Å². The molecule has 0 aliphatic heterocycles. The Kier molecular flexibility index (Phi) is 6.61. The Balaban J connectivity index is 1.84. The Morgan fingerprint density at radius 2 is 1.79 bits per heavy atom. The van der Waals surface area contributed by atoms with Gasteiger partial charge in [-0.25, -0.2) is 5.43 Å². The Morgan fingerprint density at radius 3 is 2.50 bits per heavy atom. The molecule has 0 spiro atoms. The molecule has 0 atom stereocenters. The fourth-order valence-corrected chi connectivity index (χ4v) is 2.40.